The second-order valence-corrected chi connectivity index (χ2v) is 4.23. The third kappa shape index (κ3) is 2.69. The standard InChI is InChI=1S/C12H11NO3S/c14-7-6-9-4-5-11-10(8-9)2-1-3-12(11)13-17(15)16/h1-5,8,14H,6-7H2. The van der Waals surface area contributed by atoms with Gasteiger partial charge in [0.25, 0.3) is 0 Å². The van der Waals surface area contributed by atoms with Crippen LogP contribution >= 0.6 is 0 Å². The first-order valence-electron chi connectivity index (χ1n) is 5.14. The van der Waals surface area contributed by atoms with Gasteiger partial charge >= 0.3 is 10.5 Å². The summed E-state index contributed by atoms with van der Waals surface area (Å²) in [6.45, 7) is 0.0974. The molecule has 0 saturated carbocycles. The molecule has 2 rings (SSSR count). The zero-order valence-corrected chi connectivity index (χ0v) is 9.81. The Labute approximate surface area is 100 Å². The molecule has 2 aromatic rings. The highest BCUT2D eigenvalue weighted by Gasteiger charge is 2.01. The first-order valence-corrected chi connectivity index (χ1v) is 6.17. The predicted octanol–water partition coefficient (Wildman–Crippen LogP) is 2.07. The second kappa shape index (κ2) is 5.07. The van der Waals surface area contributed by atoms with Gasteiger partial charge in [-0.3, -0.25) is 0 Å². The third-order valence-electron chi connectivity index (χ3n) is 2.50. The Bertz CT molecular complexity index is 669. The van der Waals surface area contributed by atoms with Crippen molar-refractivity contribution in [2.75, 3.05) is 6.61 Å². The molecule has 0 aliphatic carbocycles. The van der Waals surface area contributed by atoms with Crippen molar-refractivity contribution in [2.24, 2.45) is 4.36 Å². The quantitative estimate of drug-likeness (QED) is 0.905. The van der Waals surface area contributed by atoms with Gasteiger partial charge in [-0.1, -0.05) is 30.3 Å². The summed E-state index contributed by atoms with van der Waals surface area (Å²) in [4.78, 5) is 0. The highest BCUT2D eigenvalue weighted by Crippen LogP contribution is 2.26. The monoisotopic (exact) mass is 249 g/mol. The molecule has 0 spiro atoms. The minimum Gasteiger partial charge on any atom is -0.396 e. The Morgan fingerprint density at radius 2 is 2.00 bits per heavy atom. The van der Waals surface area contributed by atoms with E-state index >= 15 is 0 Å². The number of rotatable bonds is 3. The second-order valence-electron chi connectivity index (χ2n) is 3.61. The Kier molecular flexibility index (Phi) is 3.51. The molecular weight excluding hydrogens is 238 g/mol. The molecular formula is C12H11NO3S. The molecule has 0 saturated heterocycles. The van der Waals surface area contributed by atoms with Crippen LogP contribution in [-0.4, -0.2) is 20.1 Å². The van der Waals surface area contributed by atoms with Crippen molar-refractivity contribution < 1.29 is 13.5 Å². The van der Waals surface area contributed by atoms with Crippen LogP contribution in [-0.2, 0) is 16.9 Å². The van der Waals surface area contributed by atoms with E-state index in [9.17, 15) is 8.42 Å². The Hall–Kier alpha value is -1.72. The van der Waals surface area contributed by atoms with Crippen LogP contribution in [0.25, 0.3) is 10.8 Å². The summed E-state index contributed by atoms with van der Waals surface area (Å²) in [6.07, 6.45) is 0.588. The van der Waals surface area contributed by atoms with E-state index in [0.29, 0.717) is 12.1 Å². The van der Waals surface area contributed by atoms with Gasteiger partial charge in [0.05, 0.1) is 5.69 Å². The molecule has 88 valence electrons. The average molecular weight is 249 g/mol. The SMILES string of the molecule is O=S(=O)=Nc1cccc2cc(CCO)ccc12. The minimum atomic E-state index is -2.45. The van der Waals surface area contributed by atoms with E-state index in [0.717, 1.165) is 16.3 Å². The fraction of sp³-hybridized carbons (Fsp3) is 0.167. The molecule has 0 aliphatic heterocycles. The van der Waals surface area contributed by atoms with Crippen LogP contribution in [0.15, 0.2) is 40.8 Å². The lowest BCUT2D eigenvalue weighted by atomic mass is 10.0. The van der Waals surface area contributed by atoms with E-state index < -0.39 is 10.5 Å². The van der Waals surface area contributed by atoms with Crippen LogP contribution in [0.2, 0.25) is 0 Å². The highest BCUT2D eigenvalue weighted by atomic mass is 32.2. The van der Waals surface area contributed by atoms with Gasteiger partial charge in [-0.15, -0.1) is 4.36 Å². The number of aliphatic hydroxyl groups is 1. The molecule has 0 unspecified atom stereocenters. The smallest absolute Gasteiger partial charge is 0.316 e. The van der Waals surface area contributed by atoms with Crippen molar-refractivity contribution in [3.63, 3.8) is 0 Å². The summed E-state index contributed by atoms with van der Waals surface area (Å²) in [7, 11) is -2.45. The van der Waals surface area contributed by atoms with Gasteiger partial charge in [0, 0.05) is 12.0 Å². The number of fused-ring (bicyclic) bond motifs is 1. The van der Waals surface area contributed by atoms with E-state index in [1.54, 1.807) is 12.1 Å². The molecule has 0 aromatic heterocycles. The first-order chi connectivity index (χ1) is 8.20. The molecule has 4 nitrogen and oxygen atoms in total. The Morgan fingerprint density at radius 1 is 1.18 bits per heavy atom. The van der Waals surface area contributed by atoms with E-state index in [-0.39, 0.29) is 6.61 Å². The van der Waals surface area contributed by atoms with Crippen LogP contribution in [0.1, 0.15) is 5.56 Å². The number of hydrogen-bond donors (Lipinski definition) is 1. The molecule has 0 atom stereocenters. The van der Waals surface area contributed by atoms with Crippen LogP contribution < -0.4 is 0 Å². The minimum absolute atomic E-state index is 0.0974. The van der Waals surface area contributed by atoms with Gasteiger partial charge < -0.3 is 5.11 Å². The van der Waals surface area contributed by atoms with Gasteiger partial charge in [0.2, 0.25) is 0 Å². The zero-order chi connectivity index (χ0) is 12.3. The number of nitrogens with zero attached hydrogens (tertiary/aromatic N) is 1. The maximum absolute atomic E-state index is 10.6. The zero-order valence-electron chi connectivity index (χ0n) is 9.00. The molecule has 5 heteroatoms. The lowest BCUT2D eigenvalue weighted by Crippen LogP contribution is -1.89. The molecule has 0 aliphatic rings. The van der Waals surface area contributed by atoms with Gasteiger partial charge in [-0.2, -0.15) is 8.42 Å². The molecule has 2 aromatic carbocycles. The topological polar surface area (TPSA) is 66.7 Å². The molecule has 0 heterocycles. The summed E-state index contributed by atoms with van der Waals surface area (Å²) in [5, 5.41) is 10.6. The molecule has 0 radical (unpaired) electrons. The number of hydrogen-bond acceptors (Lipinski definition) is 4. The summed E-state index contributed by atoms with van der Waals surface area (Å²) in [5.74, 6) is 0. The van der Waals surface area contributed by atoms with Crippen LogP contribution in [0, 0.1) is 0 Å². The fourth-order valence-corrected chi connectivity index (χ4v) is 2.08. The number of aliphatic hydroxyl groups excluding tert-OH is 1. The molecule has 1 N–H and O–H groups in total. The van der Waals surface area contributed by atoms with Crippen molar-refractivity contribution in [1.29, 1.82) is 0 Å². The molecule has 0 bridgehead atoms. The first kappa shape index (κ1) is 11.8. The van der Waals surface area contributed by atoms with Gasteiger partial charge in [-0.05, 0) is 23.4 Å². The average Bonchev–Trinajstić information content (AvgIpc) is 2.29. The van der Waals surface area contributed by atoms with E-state index in [1.807, 2.05) is 24.3 Å². The maximum atomic E-state index is 10.6. The molecule has 0 fully saturated rings. The van der Waals surface area contributed by atoms with Crippen molar-refractivity contribution in [2.45, 2.75) is 6.42 Å². The summed E-state index contributed by atoms with van der Waals surface area (Å²) in [5.41, 5.74) is 1.45. The summed E-state index contributed by atoms with van der Waals surface area (Å²) in [6, 6.07) is 10.9. The van der Waals surface area contributed by atoms with Gasteiger partial charge in [-0.25, -0.2) is 0 Å². The van der Waals surface area contributed by atoms with Crippen LogP contribution in [0.4, 0.5) is 5.69 Å². The van der Waals surface area contributed by atoms with Gasteiger partial charge in [0.1, 0.15) is 0 Å². The third-order valence-corrected chi connectivity index (χ3v) is 2.84. The van der Waals surface area contributed by atoms with Crippen molar-refractivity contribution in [1.82, 2.24) is 0 Å². The fourth-order valence-electron chi connectivity index (χ4n) is 1.76. The van der Waals surface area contributed by atoms with Crippen molar-refractivity contribution >= 4 is 27.0 Å². The van der Waals surface area contributed by atoms with Crippen LogP contribution in [0.3, 0.4) is 0 Å². The highest BCUT2D eigenvalue weighted by molar-refractivity contribution is 7.61. The Balaban J connectivity index is 2.62. The maximum Gasteiger partial charge on any atom is 0.316 e. The lowest BCUT2D eigenvalue weighted by Gasteiger charge is -2.03. The Morgan fingerprint density at radius 3 is 2.71 bits per heavy atom. The van der Waals surface area contributed by atoms with E-state index in [4.69, 9.17) is 5.11 Å². The lowest BCUT2D eigenvalue weighted by molar-refractivity contribution is 0.299. The van der Waals surface area contributed by atoms with E-state index in [2.05, 4.69) is 4.36 Å². The summed E-state index contributed by atoms with van der Waals surface area (Å²) < 4.78 is 24.7. The number of benzene rings is 2. The van der Waals surface area contributed by atoms with Crippen molar-refractivity contribution in [3.8, 4) is 0 Å². The van der Waals surface area contributed by atoms with Crippen LogP contribution in [0.5, 0.6) is 0 Å². The van der Waals surface area contributed by atoms with Crippen molar-refractivity contribution in [3.05, 3.63) is 42.0 Å². The predicted molar refractivity (Wildman–Crippen MR) is 65.7 cm³/mol. The largest absolute Gasteiger partial charge is 0.396 e. The summed E-state index contributed by atoms with van der Waals surface area (Å²) >= 11 is 0. The normalized spacial score (nSPS) is 10.4. The molecule has 17 heavy (non-hydrogen) atoms. The van der Waals surface area contributed by atoms with E-state index in [1.165, 1.54) is 0 Å². The van der Waals surface area contributed by atoms with Gasteiger partial charge in [0.15, 0.2) is 0 Å². The molecule has 0 amide bonds.